The Morgan fingerprint density at radius 2 is 2.00 bits per heavy atom. The highest BCUT2D eigenvalue weighted by atomic mass is 32.2. The Morgan fingerprint density at radius 1 is 1.26 bits per heavy atom. The lowest BCUT2D eigenvalue weighted by Crippen LogP contribution is -2.24. The van der Waals surface area contributed by atoms with Gasteiger partial charge in [-0.15, -0.1) is 11.8 Å². The van der Waals surface area contributed by atoms with Gasteiger partial charge >= 0.3 is 5.69 Å². The number of hydrogen-bond acceptors (Lipinski definition) is 3. The minimum atomic E-state index is -0.127. The molecule has 4 nitrogen and oxygen atoms in total. The summed E-state index contributed by atoms with van der Waals surface area (Å²) in [5.74, 6) is 0.397. The molecule has 0 bridgehead atoms. The summed E-state index contributed by atoms with van der Waals surface area (Å²) in [5.41, 5.74) is 1.98. The average molecular weight is 274 g/mol. The first kappa shape index (κ1) is 12.3. The number of fused-ring (bicyclic) bond motifs is 3. The number of aromatic nitrogens is 2. The van der Waals surface area contributed by atoms with E-state index in [9.17, 15) is 9.59 Å². The number of carbonyl (C=O) groups excluding carboxylic acids is 1. The summed E-state index contributed by atoms with van der Waals surface area (Å²) in [6.45, 7) is 4.33. The van der Waals surface area contributed by atoms with E-state index in [2.05, 4.69) is 0 Å². The fraction of sp³-hybridized carbons (Fsp3) is 0.286. The number of nitrogens with zero attached hydrogens (tertiary/aromatic N) is 2. The zero-order valence-corrected chi connectivity index (χ0v) is 11.7. The van der Waals surface area contributed by atoms with Crippen molar-refractivity contribution in [3.8, 4) is 5.69 Å². The van der Waals surface area contributed by atoms with Crippen molar-refractivity contribution in [3.63, 3.8) is 0 Å². The molecule has 0 radical (unpaired) electrons. The van der Waals surface area contributed by atoms with Crippen molar-refractivity contribution in [2.45, 2.75) is 25.3 Å². The van der Waals surface area contributed by atoms with E-state index >= 15 is 0 Å². The van der Waals surface area contributed by atoms with E-state index < -0.39 is 0 Å². The summed E-state index contributed by atoms with van der Waals surface area (Å²) < 4.78 is 3.22. The minimum Gasteiger partial charge on any atom is -0.296 e. The van der Waals surface area contributed by atoms with E-state index in [0.29, 0.717) is 18.0 Å². The van der Waals surface area contributed by atoms with Crippen molar-refractivity contribution in [3.05, 3.63) is 46.1 Å². The highest BCUT2D eigenvalue weighted by Gasteiger charge is 2.27. The second-order valence-electron chi connectivity index (χ2n) is 4.48. The van der Waals surface area contributed by atoms with Crippen molar-refractivity contribution in [1.29, 1.82) is 0 Å². The molecule has 0 spiro atoms. The van der Waals surface area contributed by atoms with Gasteiger partial charge in [0, 0.05) is 17.1 Å². The van der Waals surface area contributed by atoms with Crippen LogP contribution in [0.2, 0.25) is 0 Å². The van der Waals surface area contributed by atoms with Crippen LogP contribution in [-0.2, 0) is 6.54 Å². The average Bonchev–Trinajstić information content (AvgIpc) is 2.57. The molecule has 98 valence electrons. The van der Waals surface area contributed by atoms with Crippen LogP contribution in [0.25, 0.3) is 5.69 Å². The Hall–Kier alpha value is -1.75. The molecular weight excluding hydrogens is 260 g/mol. The number of para-hydroxylation sites is 1. The number of hydrogen-bond donors (Lipinski definition) is 0. The quantitative estimate of drug-likeness (QED) is 0.801. The largest absolute Gasteiger partial charge is 0.333 e. The third-order valence-corrected chi connectivity index (χ3v) is 4.50. The summed E-state index contributed by atoms with van der Waals surface area (Å²) in [4.78, 5) is 25.8. The fourth-order valence-corrected chi connectivity index (χ4v) is 3.45. The van der Waals surface area contributed by atoms with Crippen LogP contribution in [0, 0.1) is 6.92 Å². The number of carbonyl (C=O) groups is 1. The molecule has 0 saturated carbocycles. The topological polar surface area (TPSA) is 44.0 Å². The van der Waals surface area contributed by atoms with Gasteiger partial charge in [0.2, 0.25) is 0 Å². The first-order chi connectivity index (χ1) is 9.15. The number of ketones is 1. The second kappa shape index (κ2) is 4.42. The van der Waals surface area contributed by atoms with E-state index in [0.717, 1.165) is 16.3 Å². The molecular formula is C14H14N2O2S. The van der Waals surface area contributed by atoms with Crippen LogP contribution in [-0.4, -0.2) is 20.7 Å². The van der Waals surface area contributed by atoms with Crippen molar-refractivity contribution in [2.75, 3.05) is 5.75 Å². The zero-order valence-electron chi connectivity index (χ0n) is 10.8. The van der Waals surface area contributed by atoms with Crippen LogP contribution in [0.1, 0.15) is 23.1 Å². The molecule has 0 aliphatic carbocycles. The minimum absolute atomic E-state index is 0.0167. The highest BCUT2D eigenvalue weighted by Crippen LogP contribution is 2.31. The van der Waals surface area contributed by atoms with Gasteiger partial charge in [-0.05, 0) is 26.0 Å². The molecule has 1 aliphatic rings. The second-order valence-corrected chi connectivity index (χ2v) is 5.49. The van der Waals surface area contributed by atoms with Gasteiger partial charge in [-0.2, -0.15) is 0 Å². The molecule has 2 heterocycles. The molecule has 0 N–H and O–H groups in total. The summed E-state index contributed by atoms with van der Waals surface area (Å²) in [6.07, 6.45) is 0. The molecule has 19 heavy (non-hydrogen) atoms. The highest BCUT2D eigenvalue weighted by molar-refractivity contribution is 8.00. The number of Topliss-reactive ketones (excluding diaryl/α,β-unsaturated/α-hetero) is 1. The van der Waals surface area contributed by atoms with Gasteiger partial charge in [0.15, 0.2) is 5.78 Å². The molecule has 3 rings (SSSR count). The van der Waals surface area contributed by atoms with E-state index in [1.165, 1.54) is 11.8 Å². The first-order valence-electron chi connectivity index (χ1n) is 6.22. The molecule has 0 fully saturated rings. The van der Waals surface area contributed by atoms with Crippen LogP contribution in [0.3, 0.4) is 0 Å². The molecule has 1 aromatic carbocycles. The number of imidazole rings is 1. The van der Waals surface area contributed by atoms with Gasteiger partial charge in [0.25, 0.3) is 0 Å². The van der Waals surface area contributed by atoms with E-state index in [-0.39, 0.29) is 11.5 Å². The van der Waals surface area contributed by atoms with Gasteiger partial charge in [-0.1, -0.05) is 12.1 Å². The lowest BCUT2D eigenvalue weighted by atomic mass is 10.2. The molecule has 0 atom stereocenters. The van der Waals surface area contributed by atoms with Gasteiger partial charge < -0.3 is 0 Å². The van der Waals surface area contributed by atoms with E-state index in [1.54, 1.807) is 9.13 Å². The van der Waals surface area contributed by atoms with Crippen molar-refractivity contribution < 1.29 is 4.79 Å². The molecule has 1 aromatic heterocycles. The lowest BCUT2D eigenvalue weighted by molar-refractivity contribution is 0.101. The summed E-state index contributed by atoms with van der Waals surface area (Å²) in [5, 5.41) is 0. The van der Waals surface area contributed by atoms with Gasteiger partial charge in [0.05, 0.1) is 11.4 Å². The molecule has 1 aliphatic heterocycles. The Bertz CT molecular complexity index is 728. The predicted octanol–water partition coefficient (Wildman–Crippen LogP) is 2.26. The van der Waals surface area contributed by atoms with Crippen molar-refractivity contribution in [2.24, 2.45) is 0 Å². The lowest BCUT2D eigenvalue weighted by Gasteiger charge is -2.06. The zero-order chi connectivity index (χ0) is 13.6. The third-order valence-electron chi connectivity index (χ3n) is 3.44. The first-order valence-corrected chi connectivity index (χ1v) is 7.21. The third kappa shape index (κ3) is 1.69. The Morgan fingerprint density at radius 3 is 2.74 bits per heavy atom. The molecule has 0 saturated heterocycles. The summed E-state index contributed by atoms with van der Waals surface area (Å²) in [6, 6.07) is 7.67. The Labute approximate surface area is 115 Å². The van der Waals surface area contributed by atoms with Gasteiger partial charge in [-0.3, -0.25) is 13.9 Å². The molecule has 5 heteroatoms. The van der Waals surface area contributed by atoms with Gasteiger partial charge in [-0.25, -0.2) is 4.79 Å². The summed E-state index contributed by atoms with van der Waals surface area (Å²) >= 11 is 1.49. The van der Waals surface area contributed by atoms with Crippen LogP contribution >= 0.6 is 11.8 Å². The Balaban J connectivity index is 2.43. The number of thioether (sulfide) groups is 1. The standard InChI is InChI=1S/C14H14N2O2S/c1-3-15-9(2)13-11(17)8-19-12-7-5-4-6-10(12)16(13)14(15)18/h4-7H,3,8H2,1-2H3. The normalized spacial score (nSPS) is 13.9. The van der Waals surface area contributed by atoms with E-state index in [1.807, 2.05) is 38.1 Å². The van der Waals surface area contributed by atoms with Crippen molar-refractivity contribution in [1.82, 2.24) is 9.13 Å². The SMILES string of the molecule is CCn1c(C)c2n(c1=O)-c1ccccc1SCC2=O. The fourth-order valence-electron chi connectivity index (χ4n) is 2.55. The maximum absolute atomic E-state index is 12.5. The number of benzene rings is 1. The van der Waals surface area contributed by atoms with Crippen molar-refractivity contribution >= 4 is 17.5 Å². The van der Waals surface area contributed by atoms with Crippen LogP contribution < -0.4 is 5.69 Å². The maximum Gasteiger partial charge on any atom is 0.333 e. The molecule has 0 amide bonds. The van der Waals surface area contributed by atoms with Crippen LogP contribution in [0.5, 0.6) is 0 Å². The summed E-state index contributed by atoms with van der Waals surface area (Å²) in [7, 11) is 0. The van der Waals surface area contributed by atoms with Crippen LogP contribution in [0.15, 0.2) is 34.0 Å². The number of rotatable bonds is 1. The van der Waals surface area contributed by atoms with E-state index in [4.69, 9.17) is 0 Å². The monoisotopic (exact) mass is 274 g/mol. The maximum atomic E-state index is 12.5. The molecule has 0 unspecified atom stereocenters. The molecule has 2 aromatic rings. The smallest absolute Gasteiger partial charge is 0.296 e. The van der Waals surface area contributed by atoms with Crippen LogP contribution in [0.4, 0.5) is 0 Å². The Kier molecular flexibility index (Phi) is 2.86. The predicted molar refractivity (Wildman–Crippen MR) is 75.5 cm³/mol. The van der Waals surface area contributed by atoms with Gasteiger partial charge in [0.1, 0.15) is 5.69 Å².